The maximum absolute atomic E-state index is 11.9. The van der Waals surface area contributed by atoms with E-state index in [1.165, 1.54) is 0 Å². The van der Waals surface area contributed by atoms with E-state index in [-0.39, 0.29) is 23.4 Å². The molecule has 0 spiro atoms. The number of aliphatic hydroxyl groups is 1. The fourth-order valence-electron chi connectivity index (χ4n) is 1.73. The highest BCUT2D eigenvalue weighted by molar-refractivity contribution is 6.05. The Morgan fingerprint density at radius 1 is 1.19 bits per heavy atom. The van der Waals surface area contributed by atoms with Crippen molar-refractivity contribution in [2.75, 3.05) is 13.2 Å². The maximum Gasteiger partial charge on any atom is 0.336 e. The van der Waals surface area contributed by atoms with Crippen LogP contribution in [0, 0.1) is 10.1 Å². The minimum absolute atomic E-state index is 0.0714. The summed E-state index contributed by atoms with van der Waals surface area (Å²) in [5.41, 5.74) is -0.863. The van der Waals surface area contributed by atoms with Crippen molar-refractivity contribution in [2.45, 2.75) is 19.3 Å². The van der Waals surface area contributed by atoms with Crippen LogP contribution in [0.5, 0.6) is 0 Å². The number of hydrogen-bond donors (Lipinski definition) is 3. The monoisotopic (exact) mass is 296 g/mol. The molecule has 1 amide bonds. The summed E-state index contributed by atoms with van der Waals surface area (Å²) in [6.45, 7) is 0.378. The Morgan fingerprint density at radius 3 is 2.48 bits per heavy atom. The average Bonchev–Trinajstić information content (AvgIpc) is 2.46. The van der Waals surface area contributed by atoms with Gasteiger partial charge in [-0.1, -0.05) is 0 Å². The topological polar surface area (TPSA) is 130 Å². The SMILES string of the molecule is O=C(O)c1ccc([N+](=O)[O-])cc1C(=O)NCCCCCO. The summed E-state index contributed by atoms with van der Waals surface area (Å²) in [6.07, 6.45) is 1.97. The van der Waals surface area contributed by atoms with Gasteiger partial charge in [0.1, 0.15) is 0 Å². The molecule has 0 radical (unpaired) electrons. The molecule has 1 rings (SSSR count). The molecule has 8 nitrogen and oxygen atoms in total. The molecule has 0 aliphatic rings. The molecule has 0 saturated carbocycles. The lowest BCUT2D eigenvalue weighted by molar-refractivity contribution is -0.384. The fourth-order valence-corrected chi connectivity index (χ4v) is 1.73. The van der Waals surface area contributed by atoms with Crippen LogP contribution in [-0.2, 0) is 0 Å². The van der Waals surface area contributed by atoms with E-state index < -0.39 is 16.8 Å². The largest absolute Gasteiger partial charge is 0.478 e. The Morgan fingerprint density at radius 2 is 1.90 bits per heavy atom. The van der Waals surface area contributed by atoms with Gasteiger partial charge in [-0.05, 0) is 25.3 Å². The van der Waals surface area contributed by atoms with Crippen LogP contribution in [0.15, 0.2) is 18.2 Å². The first kappa shape index (κ1) is 16.6. The van der Waals surface area contributed by atoms with Gasteiger partial charge < -0.3 is 15.5 Å². The first-order valence-corrected chi connectivity index (χ1v) is 6.38. The molecule has 1 aromatic rings. The molecule has 3 N–H and O–H groups in total. The Kier molecular flexibility index (Phi) is 6.28. The second-order valence-corrected chi connectivity index (χ2v) is 4.33. The second-order valence-electron chi connectivity index (χ2n) is 4.33. The molecule has 1 aromatic carbocycles. The number of rotatable bonds is 8. The van der Waals surface area contributed by atoms with Gasteiger partial charge in [-0.3, -0.25) is 14.9 Å². The number of amides is 1. The quantitative estimate of drug-likeness (QED) is 0.375. The average molecular weight is 296 g/mol. The van der Waals surface area contributed by atoms with Gasteiger partial charge in [0.2, 0.25) is 0 Å². The summed E-state index contributed by atoms with van der Waals surface area (Å²) in [7, 11) is 0. The number of carbonyl (C=O) groups is 2. The number of nitrogens with one attached hydrogen (secondary N) is 1. The van der Waals surface area contributed by atoms with Crippen LogP contribution >= 0.6 is 0 Å². The molecule has 0 fully saturated rings. The first-order valence-electron chi connectivity index (χ1n) is 6.38. The van der Waals surface area contributed by atoms with Gasteiger partial charge in [0.25, 0.3) is 11.6 Å². The minimum Gasteiger partial charge on any atom is -0.478 e. The summed E-state index contributed by atoms with van der Waals surface area (Å²) < 4.78 is 0. The van der Waals surface area contributed by atoms with Crippen molar-refractivity contribution >= 4 is 17.6 Å². The molecule has 0 saturated heterocycles. The maximum atomic E-state index is 11.9. The molecule has 8 heteroatoms. The Hall–Kier alpha value is -2.48. The van der Waals surface area contributed by atoms with E-state index in [1.807, 2.05) is 0 Å². The van der Waals surface area contributed by atoms with Gasteiger partial charge in [-0.2, -0.15) is 0 Å². The summed E-state index contributed by atoms with van der Waals surface area (Å²) in [5, 5.41) is 30.8. The zero-order valence-electron chi connectivity index (χ0n) is 11.2. The van der Waals surface area contributed by atoms with Gasteiger partial charge in [0, 0.05) is 25.3 Å². The molecule has 0 atom stereocenters. The number of nitrogens with zero attached hydrogens (tertiary/aromatic N) is 1. The zero-order chi connectivity index (χ0) is 15.8. The predicted octanol–water partition coefficient (Wildman–Crippen LogP) is 1.19. The summed E-state index contributed by atoms with van der Waals surface area (Å²) in [5.74, 6) is -1.99. The predicted molar refractivity (Wildman–Crippen MR) is 73.3 cm³/mol. The number of nitro groups is 1. The Balaban J connectivity index is 2.82. The number of non-ortho nitro benzene ring substituents is 1. The molecule has 0 bridgehead atoms. The summed E-state index contributed by atoms with van der Waals surface area (Å²) >= 11 is 0. The van der Waals surface area contributed by atoms with Gasteiger partial charge in [0.05, 0.1) is 16.1 Å². The molecule has 0 unspecified atom stereocenters. The van der Waals surface area contributed by atoms with E-state index in [2.05, 4.69) is 5.32 Å². The second kappa shape index (κ2) is 7.95. The van der Waals surface area contributed by atoms with Crippen LogP contribution in [0.4, 0.5) is 5.69 Å². The van der Waals surface area contributed by atoms with E-state index >= 15 is 0 Å². The molecule has 0 aliphatic carbocycles. The summed E-state index contributed by atoms with van der Waals surface area (Å²) in [6, 6.07) is 3.04. The van der Waals surface area contributed by atoms with E-state index in [0.717, 1.165) is 24.6 Å². The number of hydrogen-bond acceptors (Lipinski definition) is 5. The lowest BCUT2D eigenvalue weighted by Gasteiger charge is -2.07. The zero-order valence-corrected chi connectivity index (χ0v) is 11.2. The van der Waals surface area contributed by atoms with Crippen molar-refractivity contribution in [1.82, 2.24) is 5.32 Å². The normalized spacial score (nSPS) is 10.1. The van der Waals surface area contributed by atoms with Crippen LogP contribution in [0.3, 0.4) is 0 Å². The van der Waals surface area contributed by atoms with Gasteiger partial charge in [0.15, 0.2) is 0 Å². The minimum atomic E-state index is -1.32. The third kappa shape index (κ3) is 4.84. The van der Waals surface area contributed by atoms with Gasteiger partial charge in [-0.15, -0.1) is 0 Å². The molecule has 21 heavy (non-hydrogen) atoms. The highest BCUT2D eigenvalue weighted by Crippen LogP contribution is 2.18. The molecule has 0 aromatic heterocycles. The van der Waals surface area contributed by atoms with E-state index in [0.29, 0.717) is 19.4 Å². The molecule has 0 heterocycles. The van der Waals surface area contributed by atoms with Gasteiger partial charge in [-0.25, -0.2) is 4.79 Å². The highest BCUT2D eigenvalue weighted by atomic mass is 16.6. The highest BCUT2D eigenvalue weighted by Gasteiger charge is 2.20. The van der Waals surface area contributed by atoms with Crippen LogP contribution in [-0.4, -0.2) is 40.2 Å². The van der Waals surface area contributed by atoms with E-state index in [9.17, 15) is 19.7 Å². The van der Waals surface area contributed by atoms with Crippen molar-refractivity contribution in [3.05, 3.63) is 39.4 Å². The van der Waals surface area contributed by atoms with Gasteiger partial charge >= 0.3 is 5.97 Å². The van der Waals surface area contributed by atoms with Crippen molar-refractivity contribution in [1.29, 1.82) is 0 Å². The number of aliphatic hydroxyl groups excluding tert-OH is 1. The van der Waals surface area contributed by atoms with Crippen molar-refractivity contribution in [2.24, 2.45) is 0 Å². The third-order valence-corrected chi connectivity index (χ3v) is 2.81. The number of aromatic carboxylic acids is 1. The Bertz CT molecular complexity index is 543. The van der Waals surface area contributed by atoms with Crippen LogP contribution in [0.25, 0.3) is 0 Å². The lowest BCUT2D eigenvalue weighted by Crippen LogP contribution is -2.26. The number of nitro benzene ring substituents is 1. The van der Waals surface area contributed by atoms with E-state index in [1.54, 1.807) is 0 Å². The third-order valence-electron chi connectivity index (χ3n) is 2.81. The number of unbranched alkanes of at least 4 members (excludes halogenated alkanes) is 2. The van der Waals surface area contributed by atoms with Crippen LogP contribution < -0.4 is 5.32 Å². The van der Waals surface area contributed by atoms with Crippen molar-refractivity contribution in [3.63, 3.8) is 0 Å². The van der Waals surface area contributed by atoms with Crippen LogP contribution in [0.1, 0.15) is 40.0 Å². The fraction of sp³-hybridized carbons (Fsp3) is 0.385. The van der Waals surface area contributed by atoms with Crippen LogP contribution in [0.2, 0.25) is 0 Å². The number of carbonyl (C=O) groups excluding carboxylic acids is 1. The summed E-state index contributed by atoms with van der Waals surface area (Å²) in [4.78, 5) is 33.0. The number of benzene rings is 1. The number of carboxylic acids is 1. The molecule has 0 aliphatic heterocycles. The first-order chi connectivity index (χ1) is 9.97. The molecular weight excluding hydrogens is 280 g/mol. The number of carboxylic acid groups (broad SMARTS) is 1. The molecular formula is C13H16N2O6. The van der Waals surface area contributed by atoms with Crippen molar-refractivity contribution in [3.8, 4) is 0 Å². The lowest BCUT2D eigenvalue weighted by atomic mass is 10.1. The Labute approximate surface area is 120 Å². The smallest absolute Gasteiger partial charge is 0.336 e. The molecule has 114 valence electrons. The van der Waals surface area contributed by atoms with Crippen molar-refractivity contribution < 1.29 is 24.7 Å². The standard InChI is InChI=1S/C13H16N2O6/c16-7-3-1-2-6-14-12(17)11-8-9(15(20)21)4-5-10(11)13(18)19/h4-5,8,16H,1-3,6-7H2,(H,14,17)(H,18,19). The van der Waals surface area contributed by atoms with E-state index in [4.69, 9.17) is 10.2 Å².